The highest BCUT2D eigenvalue weighted by atomic mass is 32.1. The minimum atomic E-state index is -0.153. The lowest BCUT2D eigenvalue weighted by Crippen LogP contribution is -2.40. The van der Waals surface area contributed by atoms with Gasteiger partial charge >= 0.3 is 0 Å². The quantitative estimate of drug-likeness (QED) is 0.504. The summed E-state index contributed by atoms with van der Waals surface area (Å²) in [5.74, 6) is 1.48. The Labute approximate surface area is 194 Å². The molecule has 1 aliphatic rings. The molecule has 1 unspecified atom stereocenters. The number of ether oxygens (including phenoxy) is 1. The van der Waals surface area contributed by atoms with E-state index in [0.29, 0.717) is 24.0 Å². The summed E-state index contributed by atoms with van der Waals surface area (Å²) in [7, 11) is 1.62. The summed E-state index contributed by atoms with van der Waals surface area (Å²) in [6.45, 7) is 4.55. The van der Waals surface area contributed by atoms with Gasteiger partial charge < -0.3 is 15.0 Å². The molecule has 1 aliphatic carbocycles. The van der Waals surface area contributed by atoms with E-state index in [1.54, 1.807) is 7.11 Å². The summed E-state index contributed by atoms with van der Waals surface area (Å²) in [5.41, 5.74) is 0.916. The monoisotopic (exact) mass is 458 g/mol. The normalized spacial score (nSPS) is 14.8. The van der Waals surface area contributed by atoms with Gasteiger partial charge in [-0.05, 0) is 49.9 Å². The topological polar surface area (TPSA) is 84.4 Å². The van der Waals surface area contributed by atoms with Crippen LogP contribution in [0.2, 0.25) is 0 Å². The molecule has 0 bridgehead atoms. The number of nitrogens with one attached hydrogen (secondary N) is 1. The minimum Gasteiger partial charge on any atom is -0.497 e. The van der Waals surface area contributed by atoms with Crippen LogP contribution in [0.3, 0.4) is 0 Å². The molecule has 3 rings (SSSR count). The third-order valence-electron chi connectivity index (χ3n) is 6.27. The van der Waals surface area contributed by atoms with Crippen molar-refractivity contribution in [1.29, 1.82) is 0 Å². The van der Waals surface area contributed by atoms with Crippen LogP contribution in [-0.2, 0) is 9.59 Å². The van der Waals surface area contributed by atoms with Gasteiger partial charge in [-0.3, -0.25) is 9.59 Å². The Kier molecular flexibility index (Phi) is 9.02. The molecule has 1 aromatic carbocycles. The Morgan fingerprint density at radius 3 is 2.56 bits per heavy atom. The average Bonchev–Trinajstić information content (AvgIpc) is 3.50. The van der Waals surface area contributed by atoms with E-state index in [-0.39, 0.29) is 24.3 Å². The number of hydrogen-bond acceptors (Lipinski definition) is 6. The second-order valence-electron chi connectivity index (χ2n) is 8.47. The van der Waals surface area contributed by atoms with Crippen LogP contribution in [0.5, 0.6) is 5.75 Å². The van der Waals surface area contributed by atoms with Crippen molar-refractivity contribution in [2.24, 2.45) is 5.92 Å². The van der Waals surface area contributed by atoms with Crippen molar-refractivity contribution < 1.29 is 14.3 Å². The van der Waals surface area contributed by atoms with Gasteiger partial charge in [-0.25, -0.2) is 0 Å². The summed E-state index contributed by atoms with van der Waals surface area (Å²) in [4.78, 5) is 27.2. The van der Waals surface area contributed by atoms with Gasteiger partial charge in [0.1, 0.15) is 10.8 Å². The van der Waals surface area contributed by atoms with Crippen molar-refractivity contribution in [2.45, 2.75) is 71.3 Å². The van der Waals surface area contributed by atoms with E-state index in [0.717, 1.165) is 29.2 Å². The Bertz CT molecular complexity index is 878. The first-order valence-electron chi connectivity index (χ1n) is 11.6. The summed E-state index contributed by atoms with van der Waals surface area (Å²) in [5, 5.41) is 12.3. The van der Waals surface area contributed by atoms with Gasteiger partial charge in [0.2, 0.25) is 16.9 Å². The fourth-order valence-corrected chi connectivity index (χ4v) is 4.87. The first kappa shape index (κ1) is 24.2. The largest absolute Gasteiger partial charge is 0.497 e. The molecule has 0 spiro atoms. The third kappa shape index (κ3) is 6.76. The van der Waals surface area contributed by atoms with Crippen molar-refractivity contribution in [3.05, 3.63) is 24.3 Å². The minimum absolute atomic E-state index is 0.127. The SMILES string of the molecule is CCC(C)N(CCC(=O)Nc1nnc(-c2ccc(OC)cc2)s1)C(=O)CCC1CCCC1. The highest BCUT2D eigenvalue weighted by molar-refractivity contribution is 7.18. The predicted octanol–water partition coefficient (Wildman–Crippen LogP) is 5.14. The summed E-state index contributed by atoms with van der Waals surface area (Å²) < 4.78 is 5.17. The molecule has 2 amide bonds. The summed E-state index contributed by atoms with van der Waals surface area (Å²) in [6, 6.07) is 7.67. The molecular weight excluding hydrogens is 424 g/mol. The summed E-state index contributed by atoms with van der Waals surface area (Å²) >= 11 is 1.33. The first-order valence-corrected chi connectivity index (χ1v) is 12.4. The molecule has 8 heteroatoms. The van der Waals surface area contributed by atoms with Gasteiger partial charge in [0, 0.05) is 31.0 Å². The van der Waals surface area contributed by atoms with Crippen LogP contribution < -0.4 is 10.1 Å². The van der Waals surface area contributed by atoms with Crippen molar-refractivity contribution >= 4 is 28.3 Å². The standard InChI is InChI=1S/C24H34N4O3S/c1-4-17(2)28(22(30)14-9-18-7-5-6-8-18)16-15-21(29)25-24-27-26-23(32-24)19-10-12-20(31-3)13-11-19/h10-13,17-18H,4-9,14-16H2,1-3H3,(H,25,27,29). The fraction of sp³-hybridized carbons (Fsp3) is 0.583. The van der Waals surface area contributed by atoms with E-state index in [4.69, 9.17) is 4.74 Å². The fourth-order valence-electron chi connectivity index (χ4n) is 4.11. The van der Waals surface area contributed by atoms with Crippen LogP contribution in [0.25, 0.3) is 10.6 Å². The lowest BCUT2D eigenvalue weighted by atomic mass is 10.0. The molecule has 1 fully saturated rings. The molecule has 0 radical (unpaired) electrons. The number of nitrogens with zero attached hydrogens (tertiary/aromatic N) is 3. The van der Waals surface area contributed by atoms with Gasteiger partial charge in [-0.1, -0.05) is 43.9 Å². The zero-order valence-electron chi connectivity index (χ0n) is 19.3. The molecule has 1 aromatic heterocycles. The Hall–Kier alpha value is -2.48. The lowest BCUT2D eigenvalue weighted by molar-refractivity contribution is -0.134. The maximum Gasteiger partial charge on any atom is 0.227 e. The Morgan fingerprint density at radius 1 is 1.19 bits per heavy atom. The molecule has 1 N–H and O–H groups in total. The van der Waals surface area contributed by atoms with Gasteiger partial charge in [0.05, 0.1) is 7.11 Å². The van der Waals surface area contributed by atoms with Crippen LogP contribution in [0, 0.1) is 5.92 Å². The van der Waals surface area contributed by atoms with Crippen LogP contribution in [0.15, 0.2) is 24.3 Å². The van der Waals surface area contributed by atoms with Gasteiger partial charge in [0.15, 0.2) is 0 Å². The number of aromatic nitrogens is 2. The van der Waals surface area contributed by atoms with E-state index >= 15 is 0 Å². The Balaban J connectivity index is 1.50. The number of rotatable bonds is 11. The average molecular weight is 459 g/mol. The van der Waals surface area contributed by atoms with E-state index in [2.05, 4.69) is 29.4 Å². The highest BCUT2D eigenvalue weighted by Crippen LogP contribution is 2.29. The molecular formula is C24H34N4O3S. The van der Waals surface area contributed by atoms with Crippen molar-refractivity contribution in [3.8, 4) is 16.3 Å². The maximum absolute atomic E-state index is 12.8. The Morgan fingerprint density at radius 2 is 1.91 bits per heavy atom. The smallest absolute Gasteiger partial charge is 0.227 e. The number of carbonyl (C=O) groups excluding carboxylic acids is 2. The number of anilines is 1. The molecule has 174 valence electrons. The molecule has 32 heavy (non-hydrogen) atoms. The van der Waals surface area contributed by atoms with E-state index in [9.17, 15) is 9.59 Å². The van der Waals surface area contributed by atoms with E-state index in [1.165, 1.54) is 37.0 Å². The number of carbonyl (C=O) groups is 2. The molecule has 0 aliphatic heterocycles. The number of benzene rings is 1. The van der Waals surface area contributed by atoms with Gasteiger partial charge in [-0.2, -0.15) is 0 Å². The van der Waals surface area contributed by atoms with Gasteiger partial charge in [-0.15, -0.1) is 10.2 Å². The molecule has 1 atom stereocenters. The van der Waals surface area contributed by atoms with E-state index < -0.39 is 0 Å². The third-order valence-corrected chi connectivity index (χ3v) is 7.16. The zero-order chi connectivity index (χ0) is 22.9. The lowest BCUT2D eigenvalue weighted by Gasteiger charge is -2.29. The molecule has 7 nitrogen and oxygen atoms in total. The predicted molar refractivity (Wildman–Crippen MR) is 128 cm³/mol. The summed E-state index contributed by atoms with van der Waals surface area (Å²) in [6.07, 6.45) is 7.75. The van der Waals surface area contributed by atoms with E-state index in [1.807, 2.05) is 29.2 Å². The zero-order valence-corrected chi connectivity index (χ0v) is 20.1. The first-order chi connectivity index (χ1) is 15.5. The van der Waals surface area contributed by atoms with Crippen LogP contribution in [-0.4, -0.2) is 46.6 Å². The van der Waals surface area contributed by atoms with Crippen molar-refractivity contribution in [1.82, 2.24) is 15.1 Å². The maximum atomic E-state index is 12.8. The molecule has 1 saturated carbocycles. The number of hydrogen-bond donors (Lipinski definition) is 1. The van der Waals surface area contributed by atoms with Crippen LogP contribution >= 0.6 is 11.3 Å². The number of methoxy groups -OCH3 is 1. The van der Waals surface area contributed by atoms with Crippen molar-refractivity contribution in [3.63, 3.8) is 0 Å². The molecule has 2 aromatic rings. The van der Waals surface area contributed by atoms with Crippen molar-refractivity contribution in [2.75, 3.05) is 19.0 Å². The highest BCUT2D eigenvalue weighted by Gasteiger charge is 2.22. The van der Waals surface area contributed by atoms with Crippen LogP contribution in [0.4, 0.5) is 5.13 Å². The van der Waals surface area contributed by atoms with Gasteiger partial charge in [0.25, 0.3) is 0 Å². The molecule has 0 saturated heterocycles. The number of amides is 2. The molecule has 1 heterocycles. The van der Waals surface area contributed by atoms with Crippen LogP contribution in [0.1, 0.15) is 65.2 Å². The second kappa shape index (κ2) is 11.9. The second-order valence-corrected chi connectivity index (χ2v) is 9.45.